The maximum absolute atomic E-state index is 12.9. The SMILES string of the molecule is O=C(CSc1ncccc1Cl)Nc1cccc2c1C(=O)c1ccccc1C2=O. The Balaban J connectivity index is 1.59. The summed E-state index contributed by atoms with van der Waals surface area (Å²) in [5, 5.41) is 3.76. The second kappa shape index (κ2) is 7.58. The minimum absolute atomic E-state index is 0.0686. The van der Waals surface area contributed by atoms with Gasteiger partial charge < -0.3 is 5.32 Å². The molecule has 0 aliphatic heterocycles. The van der Waals surface area contributed by atoms with E-state index in [1.54, 1.807) is 60.8 Å². The Morgan fingerprint density at radius 3 is 2.39 bits per heavy atom. The predicted molar refractivity (Wildman–Crippen MR) is 108 cm³/mol. The van der Waals surface area contributed by atoms with E-state index in [0.29, 0.717) is 32.4 Å². The van der Waals surface area contributed by atoms with Crippen molar-refractivity contribution in [1.82, 2.24) is 4.98 Å². The third kappa shape index (κ3) is 3.32. The summed E-state index contributed by atoms with van der Waals surface area (Å²) in [5.41, 5.74) is 1.56. The van der Waals surface area contributed by atoms with Crippen LogP contribution in [0.3, 0.4) is 0 Å². The number of amides is 1. The van der Waals surface area contributed by atoms with Gasteiger partial charge in [-0.1, -0.05) is 59.8 Å². The Morgan fingerprint density at radius 1 is 0.929 bits per heavy atom. The molecule has 1 aromatic heterocycles. The number of ketones is 2. The molecule has 1 N–H and O–H groups in total. The fourth-order valence-electron chi connectivity index (χ4n) is 3.05. The average Bonchev–Trinajstić information content (AvgIpc) is 2.71. The molecule has 0 bridgehead atoms. The third-order valence-electron chi connectivity index (χ3n) is 4.29. The maximum Gasteiger partial charge on any atom is 0.234 e. The fraction of sp³-hybridized carbons (Fsp3) is 0.0476. The van der Waals surface area contributed by atoms with Gasteiger partial charge in [0.05, 0.1) is 22.0 Å². The average molecular weight is 409 g/mol. The molecule has 138 valence electrons. The van der Waals surface area contributed by atoms with Gasteiger partial charge in [0.2, 0.25) is 5.91 Å². The lowest BCUT2D eigenvalue weighted by Crippen LogP contribution is -2.24. The Bertz CT molecular complexity index is 1130. The summed E-state index contributed by atoms with van der Waals surface area (Å²) >= 11 is 7.24. The number of hydrogen-bond acceptors (Lipinski definition) is 5. The van der Waals surface area contributed by atoms with Crippen LogP contribution in [-0.2, 0) is 4.79 Å². The first-order valence-corrected chi connectivity index (χ1v) is 9.77. The molecule has 3 aromatic rings. The lowest BCUT2D eigenvalue weighted by atomic mass is 9.83. The molecule has 7 heteroatoms. The zero-order valence-electron chi connectivity index (χ0n) is 14.4. The highest BCUT2D eigenvalue weighted by Gasteiger charge is 2.31. The molecule has 0 fully saturated rings. The zero-order chi connectivity index (χ0) is 19.7. The number of carbonyl (C=O) groups is 3. The van der Waals surface area contributed by atoms with Crippen LogP contribution in [0.1, 0.15) is 31.8 Å². The van der Waals surface area contributed by atoms with E-state index >= 15 is 0 Å². The molecule has 28 heavy (non-hydrogen) atoms. The van der Waals surface area contributed by atoms with E-state index in [4.69, 9.17) is 11.6 Å². The van der Waals surface area contributed by atoms with Gasteiger partial charge in [0.1, 0.15) is 5.03 Å². The van der Waals surface area contributed by atoms with Crippen LogP contribution in [0.25, 0.3) is 0 Å². The molecular weight excluding hydrogens is 396 g/mol. The van der Waals surface area contributed by atoms with Crippen LogP contribution >= 0.6 is 23.4 Å². The zero-order valence-corrected chi connectivity index (χ0v) is 16.0. The second-order valence-corrected chi connectivity index (χ2v) is 7.43. The lowest BCUT2D eigenvalue weighted by molar-refractivity contribution is -0.113. The molecule has 1 heterocycles. The van der Waals surface area contributed by atoms with E-state index < -0.39 is 0 Å². The molecule has 2 aromatic carbocycles. The molecule has 0 radical (unpaired) electrons. The minimum Gasteiger partial charge on any atom is -0.325 e. The Morgan fingerprint density at radius 2 is 1.64 bits per heavy atom. The summed E-state index contributed by atoms with van der Waals surface area (Å²) < 4.78 is 0. The molecule has 0 spiro atoms. The smallest absolute Gasteiger partial charge is 0.234 e. The van der Waals surface area contributed by atoms with Crippen LogP contribution in [0.2, 0.25) is 5.02 Å². The highest BCUT2D eigenvalue weighted by molar-refractivity contribution is 8.00. The van der Waals surface area contributed by atoms with Crippen molar-refractivity contribution >= 4 is 46.5 Å². The first-order chi connectivity index (χ1) is 13.6. The first kappa shape index (κ1) is 18.4. The van der Waals surface area contributed by atoms with Crippen molar-refractivity contribution in [3.8, 4) is 0 Å². The second-order valence-electron chi connectivity index (χ2n) is 6.06. The normalized spacial score (nSPS) is 12.3. The standard InChI is InChI=1S/C21H13ClN2O3S/c22-15-8-4-10-23-21(15)28-11-17(25)24-16-9-3-7-14-18(16)20(27)13-6-2-1-5-12(13)19(14)26/h1-10H,11H2,(H,24,25). The fourth-order valence-corrected chi connectivity index (χ4v) is 4.01. The maximum atomic E-state index is 12.9. The summed E-state index contributed by atoms with van der Waals surface area (Å²) in [5.74, 6) is -0.754. The number of carbonyl (C=O) groups excluding carboxylic acids is 3. The van der Waals surface area contributed by atoms with E-state index in [1.165, 1.54) is 11.8 Å². The molecule has 1 aliphatic rings. The van der Waals surface area contributed by atoms with E-state index in [9.17, 15) is 14.4 Å². The van der Waals surface area contributed by atoms with E-state index in [-0.39, 0.29) is 28.8 Å². The van der Waals surface area contributed by atoms with Gasteiger partial charge in [-0.3, -0.25) is 14.4 Å². The lowest BCUT2D eigenvalue weighted by Gasteiger charge is -2.20. The summed E-state index contributed by atoms with van der Waals surface area (Å²) in [6.45, 7) is 0. The predicted octanol–water partition coefficient (Wildman–Crippen LogP) is 4.24. The molecule has 5 nitrogen and oxygen atoms in total. The molecule has 0 unspecified atom stereocenters. The first-order valence-electron chi connectivity index (χ1n) is 8.41. The van der Waals surface area contributed by atoms with Gasteiger partial charge in [-0.15, -0.1) is 0 Å². The Labute approximate surface area is 170 Å². The van der Waals surface area contributed by atoms with Gasteiger partial charge in [-0.05, 0) is 18.2 Å². The summed E-state index contributed by atoms with van der Waals surface area (Å²) in [7, 11) is 0. The number of anilines is 1. The number of thioether (sulfide) groups is 1. The quantitative estimate of drug-likeness (QED) is 0.511. The number of nitrogens with zero attached hydrogens (tertiary/aromatic N) is 1. The topological polar surface area (TPSA) is 76.1 Å². The van der Waals surface area contributed by atoms with Crippen molar-refractivity contribution in [3.63, 3.8) is 0 Å². The number of halogens is 1. The molecule has 0 saturated heterocycles. The summed E-state index contributed by atoms with van der Waals surface area (Å²) in [6, 6.07) is 15.0. The van der Waals surface area contributed by atoms with E-state index in [2.05, 4.69) is 10.3 Å². The summed E-state index contributed by atoms with van der Waals surface area (Å²) in [6.07, 6.45) is 1.60. The molecule has 0 saturated carbocycles. The van der Waals surface area contributed by atoms with Crippen LogP contribution < -0.4 is 5.32 Å². The van der Waals surface area contributed by atoms with E-state index in [1.807, 2.05) is 0 Å². The minimum atomic E-state index is -0.320. The van der Waals surface area contributed by atoms with Crippen LogP contribution in [0.5, 0.6) is 0 Å². The largest absolute Gasteiger partial charge is 0.325 e. The number of pyridine rings is 1. The number of nitrogens with one attached hydrogen (secondary N) is 1. The molecular formula is C21H13ClN2O3S. The van der Waals surface area contributed by atoms with Crippen molar-refractivity contribution < 1.29 is 14.4 Å². The number of benzene rings is 2. The number of rotatable bonds is 4. The van der Waals surface area contributed by atoms with Crippen LogP contribution in [0.15, 0.2) is 65.8 Å². The number of hydrogen-bond donors (Lipinski definition) is 1. The van der Waals surface area contributed by atoms with Gasteiger partial charge in [0, 0.05) is 22.9 Å². The van der Waals surface area contributed by atoms with Gasteiger partial charge >= 0.3 is 0 Å². The van der Waals surface area contributed by atoms with Gasteiger partial charge in [0.25, 0.3) is 0 Å². The highest BCUT2D eigenvalue weighted by Crippen LogP contribution is 2.32. The molecule has 4 rings (SSSR count). The van der Waals surface area contributed by atoms with Gasteiger partial charge in [0.15, 0.2) is 11.6 Å². The van der Waals surface area contributed by atoms with Crippen molar-refractivity contribution in [2.24, 2.45) is 0 Å². The summed E-state index contributed by atoms with van der Waals surface area (Å²) in [4.78, 5) is 42.2. The number of aromatic nitrogens is 1. The Kier molecular flexibility index (Phi) is 4.98. The van der Waals surface area contributed by atoms with Crippen molar-refractivity contribution in [2.75, 3.05) is 11.1 Å². The van der Waals surface area contributed by atoms with Crippen molar-refractivity contribution in [1.29, 1.82) is 0 Å². The number of fused-ring (bicyclic) bond motifs is 2. The van der Waals surface area contributed by atoms with E-state index in [0.717, 1.165) is 0 Å². The van der Waals surface area contributed by atoms with Gasteiger partial charge in [-0.25, -0.2) is 4.98 Å². The molecule has 1 amide bonds. The van der Waals surface area contributed by atoms with Crippen molar-refractivity contribution in [3.05, 3.63) is 88.1 Å². The van der Waals surface area contributed by atoms with Crippen LogP contribution in [0.4, 0.5) is 5.69 Å². The molecule has 0 atom stereocenters. The third-order valence-corrected chi connectivity index (χ3v) is 5.71. The van der Waals surface area contributed by atoms with Crippen LogP contribution in [0, 0.1) is 0 Å². The monoisotopic (exact) mass is 408 g/mol. The highest BCUT2D eigenvalue weighted by atomic mass is 35.5. The van der Waals surface area contributed by atoms with Crippen molar-refractivity contribution in [2.45, 2.75) is 5.03 Å². The molecule has 1 aliphatic carbocycles. The van der Waals surface area contributed by atoms with Gasteiger partial charge in [-0.2, -0.15) is 0 Å². The Hall–Kier alpha value is -2.96. The van der Waals surface area contributed by atoms with Crippen LogP contribution in [-0.4, -0.2) is 28.2 Å².